The quantitative estimate of drug-likeness (QED) is 0.844. The number of para-hydroxylation sites is 3. The Morgan fingerprint density at radius 2 is 1.71 bits per heavy atom. The molecule has 126 valence electrons. The van der Waals surface area contributed by atoms with E-state index in [0.717, 1.165) is 11.3 Å². The van der Waals surface area contributed by atoms with Crippen LogP contribution in [0.25, 0.3) is 0 Å². The number of carbonyl (C=O) groups is 1. The van der Waals surface area contributed by atoms with Gasteiger partial charge in [-0.1, -0.05) is 24.3 Å². The maximum Gasteiger partial charge on any atom is 0.265 e. The maximum absolute atomic E-state index is 12.6. The summed E-state index contributed by atoms with van der Waals surface area (Å²) in [4.78, 5) is 14.3. The second-order valence-corrected chi connectivity index (χ2v) is 5.35. The van der Waals surface area contributed by atoms with E-state index < -0.39 is 0 Å². The third kappa shape index (κ3) is 3.15. The number of fused-ring (bicyclic) bond motifs is 1. The molecule has 0 unspecified atom stereocenters. The van der Waals surface area contributed by atoms with E-state index in [1.54, 1.807) is 4.90 Å². The van der Waals surface area contributed by atoms with Crippen LogP contribution in [0.15, 0.2) is 42.5 Å². The highest BCUT2D eigenvalue weighted by molar-refractivity contribution is 5.96. The number of hydrogen-bond acceptors (Lipinski definition) is 4. The zero-order valence-corrected chi connectivity index (χ0v) is 14.0. The lowest BCUT2D eigenvalue weighted by Gasteiger charge is -2.22. The smallest absolute Gasteiger partial charge is 0.265 e. The van der Waals surface area contributed by atoms with E-state index in [-0.39, 0.29) is 12.5 Å². The average molecular weight is 327 g/mol. The van der Waals surface area contributed by atoms with Crippen molar-refractivity contribution in [2.75, 3.05) is 24.7 Å². The molecule has 5 nitrogen and oxygen atoms in total. The molecular formula is C19H21NO4. The van der Waals surface area contributed by atoms with Crippen LogP contribution < -0.4 is 19.1 Å². The molecule has 2 aromatic carbocycles. The van der Waals surface area contributed by atoms with Crippen molar-refractivity contribution in [3.05, 3.63) is 48.0 Å². The van der Waals surface area contributed by atoms with E-state index in [0.29, 0.717) is 37.0 Å². The average Bonchev–Trinajstić information content (AvgIpc) is 2.76. The molecule has 0 N–H and O–H groups in total. The third-order valence-electron chi connectivity index (χ3n) is 3.79. The fourth-order valence-electron chi connectivity index (χ4n) is 2.77. The van der Waals surface area contributed by atoms with Gasteiger partial charge in [-0.05, 0) is 32.0 Å². The Morgan fingerprint density at radius 3 is 2.50 bits per heavy atom. The number of ether oxygens (including phenoxy) is 3. The molecule has 0 saturated heterocycles. The topological polar surface area (TPSA) is 48.0 Å². The molecule has 0 bridgehead atoms. The maximum atomic E-state index is 12.6. The van der Waals surface area contributed by atoms with Crippen molar-refractivity contribution in [3.63, 3.8) is 0 Å². The minimum atomic E-state index is -0.110. The van der Waals surface area contributed by atoms with Crippen molar-refractivity contribution < 1.29 is 19.0 Å². The largest absolute Gasteiger partial charge is 0.492 e. The number of carbonyl (C=O) groups excluding carboxylic acids is 1. The lowest BCUT2D eigenvalue weighted by molar-refractivity contribution is -0.120. The van der Waals surface area contributed by atoms with Crippen LogP contribution in [-0.2, 0) is 11.3 Å². The lowest BCUT2D eigenvalue weighted by atomic mass is 10.1. The molecule has 1 aliphatic rings. The second-order valence-electron chi connectivity index (χ2n) is 5.35. The highest BCUT2D eigenvalue weighted by Gasteiger charge is 2.26. The Bertz CT molecular complexity index is 729. The summed E-state index contributed by atoms with van der Waals surface area (Å²) in [6.07, 6.45) is 0. The molecule has 1 heterocycles. The van der Waals surface area contributed by atoms with Crippen LogP contribution in [0.1, 0.15) is 19.4 Å². The van der Waals surface area contributed by atoms with Crippen molar-refractivity contribution in [2.45, 2.75) is 20.4 Å². The first-order valence-electron chi connectivity index (χ1n) is 8.14. The zero-order valence-electron chi connectivity index (χ0n) is 14.0. The molecule has 0 fully saturated rings. The summed E-state index contributed by atoms with van der Waals surface area (Å²) in [5.41, 5.74) is 1.67. The van der Waals surface area contributed by atoms with Crippen LogP contribution in [0, 0.1) is 0 Å². The molecule has 0 aliphatic carbocycles. The Balaban J connectivity index is 1.99. The molecule has 24 heavy (non-hydrogen) atoms. The van der Waals surface area contributed by atoms with Crippen LogP contribution in [0.2, 0.25) is 0 Å². The molecule has 5 heteroatoms. The van der Waals surface area contributed by atoms with Crippen LogP contribution in [0.3, 0.4) is 0 Å². The van der Waals surface area contributed by atoms with E-state index in [9.17, 15) is 4.79 Å². The SMILES string of the molecule is CCOc1ccccc1N1Cc2cccc(OCC)c2OCC1=O. The highest BCUT2D eigenvalue weighted by atomic mass is 16.5. The molecular weight excluding hydrogens is 306 g/mol. The van der Waals surface area contributed by atoms with Gasteiger partial charge < -0.3 is 19.1 Å². The van der Waals surface area contributed by atoms with Crippen molar-refractivity contribution in [2.24, 2.45) is 0 Å². The summed E-state index contributed by atoms with van der Waals surface area (Å²) in [6.45, 7) is 5.32. The van der Waals surface area contributed by atoms with Gasteiger partial charge in [0.15, 0.2) is 18.1 Å². The monoisotopic (exact) mass is 327 g/mol. The molecule has 1 aliphatic heterocycles. The third-order valence-corrected chi connectivity index (χ3v) is 3.79. The fraction of sp³-hybridized carbons (Fsp3) is 0.316. The molecule has 2 aromatic rings. The van der Waals surface area contributed by atoms with Gasteiger partial charge in [0, 0.05) is 5.56 Å². The number of hydrogen-bond donors (Lipinski definition) is 0. The standard InChI is InChI=1S/C19H21NO4/c1-3-22-16-10-6-5-9-15(16)20-12-14-8-7-11-17(23-4-2)19(14)24-13-18(20)21/h5-11H,3-4,12-13H2,1-2H3. The van der Waals surface area contributed by atoms with Crippen molar-refractivity contribution in [1.82, 2.24) is 0 Å². The number of anilines is 1. The molecule has 0 saturated carbocycles. The first kappa shape index (κ1) is 16.2. The minimum absolute atomic E-state index is 0.0302. The van der Waals surface area contributed by atoms with E-state index in [2.05, 4.69) is 0 Å². The van der Waals surface area contributed by atoms with Gasteiger partial charge in [0.25, 0.3) is 5.91 Å². The number of nitrogens with zero attached hydrogens (tertiary/aromatic N) is 1. The summed E-state index contributed by atoms with van der Waals surface area (Å²) in [5, 5.41) is 0. The molecule has 0 radical (unpaired) electrons. The van der Waals surface area contributed by atoms with Gasteiger partial charge in [-0.3, -0.25) is 4.79 Å². The summed E-state index contributed by atoms with van der Waals surface area (Å²) in [5.74, 6) is 1.89. The normalized spacial score (nSPS) is 13.8. The van der Waals surface area contributed by atoms with E-state index >= 15 is 0 Å². The summed E-state index contributed by atoms with van der Waals surface area (Å²) < 4.78 is 17.0. The van der Waals surface area contributed by atoms with Gasteiger partial charge >= 0.3 is 0 Å². The molecule has 0 spiro atoms. The van der Waals surface area contributed by atoms with Crippen LogP contribution in [0.5, 0.6) is 17.2 Å². The fourth-order valence-corrected chi connectivity index (χ4v) is 2.77. The second kappa shape index (κ2) is 7.25. The van der Waals surface area contributed by atoms with Crippen LogP contribution in [0.4, 0.5) is 5.69 Å². The van der Waals surface area contributed by atoms with E-state index in [4.69, 9.17) is 14.2 Å². The first-order valence-corrected chi connectivity index (χ1v) is 8.14. The highest BCUT2D eigenvalue weighted by Crippen LogP contribution is 2.37. The summed E-state index contributed by atoms with van der Waals surface area (Å²) >= 11 is 0. The number of amides is 1. The Labute approximate surface area is 141 Å². The van der Waals surface area contributed by atoms with Gasteiger partial charge in [0.2, 0.25) is 0 Å². The minimum Gasteiger partial charge on any atom is -0.492 e. The molecule has 0 atom stereocenters. The Kier molecular flexibility index (Phi) is 4.89. The van der Waals surface area contributed by atoms with Gasteiger partial charge in [-0.2, -0.15) is 0 Å². The van der Waals surface area contributed by atoms with Crippen LogP contribution >= 0.6 is 0 Å². The van der Waals surface area contributed by atoms with Crippen molar-refractivity contribution >= 4 is 11.6 Å². The number of rotatable bonds is 5. The van der Waals surface area contributed by atoms with Gasteiger partial charge in [-0.25, -0.2) is 0 Å². The van der Waals surface area contributed by atoms with Gasteiger partial charge in [-0.15, -0.1) is 0 Å². The van der Waals surface area contributed by atoms with Crippen LogP contribution in [-0.4, -0.2) is 25.7 Å². The molecule has 1 amide bonds. The van der Waals surface area contributed by atoms with Crippen molar-refractivity contribution in [1.29, 1.82) is 0 Å². The lowest BCUT2D eigenvalue weighted by Crippen LogP contribution is -2.32. The van der Waals surface area contributed by atoms with E-state index in [1.165, 1.54) is 0 Å². The Hall–Kier alpha value is -2.69. The molecule has 0 aromatic heterocycles. The predicted molar refractivity (Wildman–Crippen MR) is 91.9 cm³/mol. The molecule has 3 rings (SSSR count). The number of benzene rings is 2. The Morgan fingerprint density at radius 1 is 1.00 bits per heavy atom. The summed E-state index contributed by atoms with van der Waals surface area (Å²) in [6, 6.07) is 13.3. The predicted octanol–water partition coefficient (Wildman–Crippen LogP) is 3.41. The van der Waals surface area contributed by atoms with Gasteiger partial charge in [0.1, 0.15) is 5.75 Å². The summed E-state index contributed by atoms with van der Waals surface area (Å²) in [7, 11) is 0. The first-order chi connectivity index (χ1) is 11.7. The zero-order chi connectivity index (χ0) is 16.9. The van der Waals surface area contributed by atoms with Crippen molar-refractivity contribution in [3.8, 4) is 17.2 Å². The van der Waals surface area contributed by atoms with E-state index in [1.807, 2.05) is 56.3 Å². The van der Waals surface area contributed by atoms with Gasteiger partial charge in [0.05, 0.1) is 25.4 Å².